The summed E-state index contributed by atoms with van der Waals surface area (Å²) in [5, 5.41) is 6.72. The number of hydrazone groups is 1. The van der Waals surface area contributed by atoms with Crippen LogP contribution >= 0.6 is 11.6 Å². The van der Waals surface area contributed by atoms with Gasteiger partial charge in [0.1, 0.15) is 6.61 Å². The van der Waals surface area contributed by atoms with Gasteiger partial charge in [-0.2, -0.15) is 5.10 Å². The number of carbonyl (C=O) groups excluding carboxylic acids is 2. The van der Waals surface area contributed by atoms with E-state index in [-0.39, 0.29) is 0 Å². The van der Waals surface area contributed by atoms with Crippen molar-refractivity contribution in [2.75, 3.05) is 11.9 Å². The molecule has 0 aliphatic rings. The quantitative estimate of drug-likeness (QED) is 0.257. The molecule has 0 bridgehead atoms. The summed E-state index contributed by atoms with van der Waals surface area (Å²) >= 11 is 6.42. The first-order valence-electron chi connectivity index (χ1n) is 10.9. The molecule has 0 aliphatic heterocycles. The van der Waals surface area contributed by atoms with E-state index >= 15 is 0 Å². The van der Waals surface area contributed by atoms with Crippen LogP contribution in [0, 0.1) is 0 Å². The second-order valence-corrected chi connectivity index (χ2v) is 7.65. The van der Waals surface area contributed by atoms with Crippen molar-refractivity contribution in [2.24, 2.45) is 5.10 Å². The van der Waals surface area contributed by atoms with Gasteiger partial charge in [0, 0.05) is 5.69 Å². The fourth-order valence-electron chi connectivity index (χ4n) is 3.02. The molecule has 8 heteroatoms. The van der Waals surface area contributed by atoms with Crippen molar-refractivity contribution >= 4 is 35.3 Å². The molecule has 0 spiro atoms. The molecule has 0 fully saturated rings. The largest absolute Gasteiger partial charge is 0.490 e. The summed E-state index contributed by atoms with van der Waals surface area (Å²) in [7, 11) is 0. The second-order valence-electron chi connectivity index (χ2n) is 7.24. The number of aryl methyl sites for hydroxylation is 1. The van der Waals surface area contributed by atoms with Crippen molar-refractivity contribution in [3.8, 4) is 11.5 Å². The summed E-state index contributed by atoms with van der Waals surface area (Å²) in [5.74, 6) is -0.845. The number of hydrogen-bond acceptors (Lipinski definition) is 5. The van der Waals surface area contributed by atoms with Crippen molar-refractivity contribution < 1.29 is 19.1 Å². The number of benzene rings is 3. The molecule has 7 nitrogen and oxygen atoms in total. The minimum Gasteiger partial charge on any atom is -0.490 e. The fraction of sp³-hybridized carbons (Fsp3) is 0.192. The number of nitrogens with one attached hydrogen (secondary N) is 2. The van der Waals surface area contributed by atoms with Crippen LogP contribution in [-0.4, -0.2) is 24.6 Å². The van der Waals surface area contributed by atoms with E-state index in [0.29, 0.717) is 41.0 Å². The Morgan fingerprint density at radius 2 is 1.68 bits per heavy atom. The molecule has 2 N–H and O–H groups in total. The van der Waals surface area contributed by atoms with Crippen LogP contribution in [0.5, 0.6) is 11.5 Å². The molecule has 3 rings (SSSR count). The predicted molar refractivity (Wildman–Crippen MR) is 134 cm³/mol. The lowest BCUT2D eigenvalue weighted by atomic mass is 10.1. The van der Waals surface area contributed by atoms with Gasteiger partial charge in [0.25, 0.3) is 0 Å². The molecule has 34 heavy (non-hydrogen) atoms. The third-order valence-electron chi connectivity index (χ3n) is 4.76. The molecule has 0 aromatic heterocycles. The predicted octanol–water partition coefficient (Wildman–Crippen LogP) is 4.97. The van der Waals surface area contributed by atoms with Crippen LogP contribution in [0.3, 0.4) is 0 Å². The molecule has 0 aliphatic carbocycles. The lowest BCUT2D eigenvalue weighted by Gasteiger charge is -2.14. The Kier molecular flexibility index (Phi) is 9.05. The highest BCUT2D eigenvalue weighted by Crippen LogP contribution is 2.37. The van der Waals surface area contributed by atoms with E-state index in [1.807, 2.05) is 56.3 Å². The van der Waals surface area contributed by atoms with E-state index in [0.717, 1.165) is 17.5 Å². The first-order chi connectivity index (χ1) is 16.5. The van der Waals surface area contributed by atoms with Crippen molar-refractivity contribution in [1.82, 2.24) is 5.43 Å². The summed E-state index contributed by atoms with van der Waals surface area (Å²) in [6.45, 7) is 4.63. The van der Waals surface area contributed by atoms with Crippen LogP contribution in [0.15, 0.2) is 71.8 Å². The van der Waals surface area contributed by atoms with Crippen LogP contribution in [0.1, 0.15) is 30.5 Å². The molecule has 176 valence electrons. The highest BCUT2D eigenvalue weighted by molar-refractivity contribution is 6.39. The maximum Gasteiger partial charge on any atom is 0.329 e. The third kappa shape index (κ3) is 7.08. The Labute approximate surface area is 203 Å². The standard InChI is InChI=1S/C26H26ClN3O4/c1-3-18-10-12-21(13-11-18)29-25(31)26(32)30-28-16-20-14-22(27)24(23(15-20)33-4-2)34-17-19-8-6-5-7-9-19/h5-16H,3-4,17H2,1-2H3,(H,29,31)(H,30,32)/b28-16-. The van der Waals surface area contributed by atoms with E-state index in [2.05, 4.69) is 15.8 Å². The van der Waals surface area contributed by atoms with Gasteiger partial charge in [-0.1, -0.05) is 61.0 Å². The molecule has 0 radical (unpaired) electrons. The molecule has 0 atom stereocenters. The van der Waals surface area contributed by atoms with Gasteiger partial charge in [0.05, 0.1) is 17.8 Å². The van der Waals surface area contributed by atoms with E-state index in [1.54, 1.807) is 24.3 Å². The Bertz CT molecular complexity index is 1150. The molecule has 0 saturated heterocycles. The molecule has 0 saturated carbocycles. The van der Waals surface area contributed by atoms with Gasteiger partial charge in [0.2, 0.25) is 0 Å². The summed E-state index contributed by atoms with van der Waals surface area (Å²) < 4.78 is 11.6. The zero-order chi connectivity index (χ0) is 24.3. The minimum absolute atomic E-state index is 0.334. The first kappa shape index (κ1) is 24.8. The fourth-order valence-corrected chi connectivity index (χ4v) is 3.30. The van der Waals surface area contributed by atoms with Crippen molar-refractivity contribution in [1.29, 1.82) is 0 Å². The number of anilines is 1. The number of nitrogens with zero attached hydrogens (tertiary/aromatic N) is 1. The summed E-state index contributed by atoms with van der Waals surface area (Å²) in [4.78, 5) is 24.1. The van der Waals surface area contributed by atoms with Gasteiger partial charge < -0.3 is 14.8 Å². The molecular formula is C26H26ClN3O4. The van der Waals surface area contributed by atoms with E-state index in [4.69, 9.17) is 21.1 Å². The van der Waals surface area contributed by atoms with Gasteiger partial charge in [-0.05, 0) is 54.3 Å². The average Bonchev–Trinajstić information content (AvgIpc) is 2.84. The Balaban J connectivity index is 1.62. The van der Waals surface area contributed by atoms with Crippen molar-refractivity contribution in [3.63, 3.8) is 0 Å². The van der Waals surface area contributed by atoms with E-state index in [9.17, 15) is 9.59 Å². The van der Waals surface area contributed by atoms with Crippen molar-refractivity contribution in [3.05, 3.63) is 88.4 Å². The van der Waals surface area contributed by atoms with Gasteiger partial charge >= 0.3 is 11.8 Å². The lowest BCUT2D eigenvalue weighted by molar-refractivity contribution is -0.136. The molecular weight excluding hydrogens is 454 g/mol. The van der Waals surface area contributed by atoms with Gasteiger partial charge in [-0.15, -0.1) is 0 Å². The minimum atomic E-state index is -0.894. The van der Waals surface area contributed by atoms with Crippen LogP contribution in [-0.2, 0) is 22.6 Å². The second kappa shape index (κ2) is 12.4. The maximum absolute atomic E-state index is 12.1. The Hall–Kier alpha value is -3.84. The topological polar surface area (TPSA) is 89.0 Å². The lowest BCUT2D eigenvalue weighted by Crippen LogP contribution is -2.32. The number of hydrogen-bond donors (Lipinski definition) is 2. The van der Waals surface area contributed by atoms with E-state index in [1.165, 1.54) is 6.21 Å². The molecule has 0 heterocycles. The monoisotopic (exact) mass is 479 g/mol. The zero-order valence-corrected chi connectivity index (χ0v) is 19.8. The van der Waals surface area contributed by atoms with Gasteiger partial charge in [-0.3, -0.25) is 9.59 Å². The zero-order valence-electron chi connectivity index (χ0n) is 19.0. The highest BCUT2D eigenvalue weighted by Gasteiger charge is 2.14. The van der Waals surface area contributed by atoms with Gasteiger partial charge in [0.15, 0.2) is 11.5 Å². The number of ether oxygens (including phenoxy) is 2. The average molecular weight is 480 g/mol. The Morgan fingerprint density at radius 3 is 2.35 bits per heavy atom. The van der Waals surface area contributed by atoms with Crippen LogP contribution in [0.25, 0.3) is 0 Å². The molecule has 2 amide bonds. The van der Waals surface area contributed by atoms with Crippen LogP contribution in [0.4, 0.5) is 5.69 Å². The summed E-state index contributed by atoms with van der Waals surface area (Å²) in [6, 6.07) is 20.3. The first-order valence-corrected chi connectivity index (χ1v) is 11.2. The smallest absolute Gasteiger partial charge is 0.329 e. The number of carbonyl (C=O) groups is 2. The number of halogens is 1. The highest BCUT2D eigenvalue weighted by atomic mass is 35.5. The number of rotatable bonds is 9. The maximum atomic E-state index is 12.1. The van der Waals surface area contributed by atoms with Gasteiger partial charge in [-0.25, -0.2) is 5.43 Å². The molecule has 0 unspecified atom stereocenters. The normalized spacial score (nSPS) is 10.7. The number of amides is 2. The van der Waals surface area contributed by atoms with Crippen LogP contribution < -0.4 is 20.2 Å². The molecule has 3 aromatic rings. The third-order valence-corrected chi connectivity index (χ3v) is 5.04. The Morgan fingerprint density at radius 1 is 0.941 bits per heavy atom. The SMILES string of the molecule is CCOc1cc(/C=N\NC(=O)C(=O)Nc2ccc(CC)cc2)cc(Cl)c1OCc1ccccc1. The van der Waals surface area contributed by atoms with Crippen LogP contribution in [0.2, 0.25) is 5.02 Å². The summed E-state index contributed by atoms with van der Waals surface area (Å²) in [6.07, 6.45) is 2.26. The van der Waals surface area contributed by atoms with E-state index < -0.39 is 11.8 Å². The summed E-state index contributed by atoms with van der Waals surface area (Å²) in [5.41, 5.74) is 5.43. The molecule has 3 aromatic carbocycles. The van der Waals surface area contributed by atoms with Crippen molar-refractivity contribution in [2.45, 2.75) is 26.9 Å².